The monoisotopic (exact) mass is 498 g/mol. The molecule has 190 valence electrons. The zero-order valence-electron chi connectivity index (χ0n) is 20.8. The number of rotatable bonds is 7. The highest BCUT2D eigenvalue weighted by Gasteiger charge is 2.19. The highest BCUT2D eigenvalue weighted by atomic mass is 16.7. The van der Waals surface area contributed by atoms with E-state index in [9.17, 15) is 9.59 Å². The molecule has 2 amide bonds. The predicted molar refractivity (Wildman–Crippen MR) is 143 cm³/mol. The number of imidazole rings is 1. The van der Waals surface area contributed by atoms with Crippen molar-refractivity contribution in [3.8, 4) is 16.9 Å². The van der Waals surface area contributed by atoms with Crippen LogP contribution in [0.3, 0.4) is 0 Å². The molecule has 2 heterocycles. The lowest BCUT2D eigenvalue weighted by atomic mass is 10.0. The number of nitrogens with one attached hydrogen (secondary N) is 1. The number of hydrogen-bond acceptors (Lipinski definition) is 4. The highest BCUT2D eigenvalue weighted by Crippen LogP contribution is 2.31. The van der Waals surface area contributed by atoms with Crippen molar-refractivity contribution < 1.29 is 19.4 Å². The summed E-state index contributed by atoms with van der Waals surface area (Å²) in [4.78, 5) is 30.4. The lowest BCUT2D eigenvalue weighted by Gasteiger charge is -2.16. The summed E-state index contributed by atoms with van der Waals surface area (Å²) in [5, 5.41) is 12.1. The van der Waals surface area contributed by atoms with E-state index < -0.39 is 6.16 Å². The predicted octanol–water partition coefficient (Wildman–Crippen LogP) is 6.39. The summed E-state index contributed by atoms with van der Waals surface area (Å²) in [6, 6.07) is 20.9. The van der Waals surface area contributed by atoms with Crippen molar-refractivity contribution >= 4 is 28.9 Å². The van der Waals surface area contributed by atoms with Crippen LogP contribution in [0, 0.1) is 0 Å². The number of carboxylic acid groups (broad SMARTS) is 1. The van der Waals surface area contributed by atoms with Gasteiger partial charge in [0.1, 0.15) is 11.6 Å². The molecular formula is C29H30N4O4. The Morgan fingerprint density at radius 3 is 2.51 bits per heavy atom. The lowest BCUT2D eigenvalue weighted by molar-refractivity contribution is 0.144. The summed E-state index contributed by atoms with van der Waals surface area (Å²) >= 11 is 0. The molecule has 1 fully saturated rings. The second-order valence-corrected chi connectivity index (χ2v) is 9.25. The fourth-order valence-corrected chi connectivity index (χ4v) is 4.82. The van der Waals surface area contributed by atoms with E-state index in [0.29, 0.717) is 12.3 Å². The summed E-state index contributed by atoms with van der Waals surface area (Å²) in [6.07, 6.45) is 2.59. The zero-order valence-corrected chi connectivity index (χ0v) is 20.8. The van der Waals surface area contributed by atoms with Crippen LogP contribution in [0.15, 0.2) is 66.7 Å². The van der Waals surface area contributed by atoms with Crippen LogP contribution in [-0.2, 0) is 13.0 Å². The molecule has 0 atom stereocenters. The van der Waals surface area contributed by atoms with Crippen LogP contribution in [-0.4, -0.2) is 44.8 Å². The number of para-hydroxylation sites is 1. The Morgan fingerprint density at radius 1 is 1.03 bits per heavy atom. The van der Waals surface area contributed by atoms with E-state index in [1.807, 2.05) is 59.5 Å². The smallest absolute Gasteiger partial charge is 0.449 e. The Bertz CT molecular complexity index is 1420. The third-order valence-corrected chi connectivity index (χ3v) is 6.64. The van der Waals surface area contributed by atoms with E-state index in [1.54, 1.807) is 12.1 Å². The second-order valence-electron chi connectivity index (χ2n) is 9.25. The number of anilines is 1. The molecule has 1 aliphatic heterocycles. The van der Waals surface area contributed by atoms with E-state index in [-0.39, 0.29) is 6.03 Å². The summed E-state index contributed by atoms with van der Waals surface area (Å²) in [6.45, 7) is 4.37. The molecule has 0 saturated carbocycles. The Kier molecular flexibility index (Phi) is 7.07. The van der Waals surface area contributed by atoms with Crippen molar-refractivity contribution in [1.82, 2.24) is 14.5 Å². The molecule has 0 bridgehead atoms. The Hall–Kier alpha value is -4.33. The molecule has 2 N–H and O–H groups in total. The van der Waals surface area contributed by atoms with Gasteiger partial charge in [-0.1, -0.05) is 49.4 Å². The number of amides is 2. The number of fused-ring (bicyclic) bond motifs is 1. The first kappa shape index (κ1) is 24.4. The van der Waals surface area contributed by atoms with Gasteiger partial charge >= 0.3 is 12.2 Å². The van der Waals surface area contributed by atoms with Crippen molar-refractivity contribution in [3.05, 3.63) is 78.1 Å². The molecule has 37 heavy (non-hydrogen) atoms. The summed E-state index contributed by atoms with van der Waals surface area (Å²) in [5.74, 6) is 1.31. The maximum atomic E-state index is 12.6. The van der Waals surface area contributed by atoms with Crippen LogP contribution in [0.5, 0.6) is 5.75 Å². The number of benzene rings is 3. The minimum absolute atomic E-state index is 0.0561. The summed E-state index contributed by atoms with van der Waals surface area (Å²) < 4.78 is 7.16. The fourth-order valence-electron chi connectivity index (χ4n) is 4.82. The third kappa shape index (κ3) is 5.43. The van der Waals surface area contributed by atoms with Gasteiger partial charge in [0.15, 0.2) is 0 Å². The highest BCUT2D eigenvalue weighted by molar-refractivity contribution is 5.92. The zero-order chi connectivity index (χ0) is 25.8. The topological polar surface area (TPSA) is 96.7 Å². The molecule has 4 aromatic rings. The standard InChI is InChI=1S/C29H30N4O4/c1-2-7-27-31-24-15-14-22(30-28(34)32-16-5-6-17-32)18-25(24)33(27)19-20-10-12-21(13-11-20)23-8-3-4-9-26(23)37-29(35)36/h3-4,8-15,18H,2,5-7,16-17,19H2,1H3,(H,30,34)(H,35,36). The van der Waals surface area contributed by atoms with E-state index in [4.69, 9.17) is 14.8 Å². The fraction of sp³-hybridized carbons (Fsp3) is 0.276. The molecule has 1 aromatic heterocycles. The molecule has 1 aliphatic rings. The Labute approximate surface area is 215 Å². The number of urea groups is 1. The van der Waals surface area contributed by atoms with Crippen LogP contribution in [0.1, 0.15) is 37.6 Å². The first-order chi connectivity index (χ1) is 18.0. The van der Waals surface area contributed by atoms with Gasteiger partial charge in [0.05, 0.1) is 11.0 Å². The van der Waals surface area contributed by atoms with Gasteiger partial charge in [0.25, 0.3) is 0 Å². The number of hydrogen-bond donors (Lipinski definition) is 2. The average Bonchev–Trinajstić information content (AvgIpc) is 3.54. The van der Waals surface area contributed by atoms with Gasteiger partial charge in [-0.15, -0.1) is 0 Å². The van der Waals surface area contributed by atoms with Gasteiger partial charge in [-0.2, -0.15) is 0 Å². The number of aromatic nitrogens is 2. The van der Waals surface area contributed by atoms with Crippen LogP contribution >= 0.6 is 0 Å². The maximum Gasteiger partial charge on any atom is 0.511 e. The maximum absolute atomic E-state index is 12.6. The SMILES string of the molecule is CCCc1nc2ccc(NC(=O)N3CCCC3)cc2n1Cc1ccc(-c2ccccc2OC(=O)O)cc1. The number of likely N-dealkylation sites (tertiary alicyclic amines) is 1. The van der Waals surface area contributed by atoms with Crippen molar-refractivity contribution in [1.29, 1.82) is 0 Å². The van der Waals surface area contributed by atoms with Crippen LogP contribution in [0.4, 0.5) is 15.3 Å². The van der Waals surface area contributed by atoms with Gasteiger partial charge in [-0.05, 0) is 54.7 Å². The quantitative estimate of drug-likeness (QED) is 0.227. The van der Waals surface area contributed by atoms with Crippen molar-refractivity contribution in [2.45, 2.75) is 39.2 Å². The lowest BCUT2D eigenvalue weighted by Crippen LogP contribution is -2.32. The molecule has 0 radical (unpaired) electrons. The molecular weight excluding hydrogens is 468 g/mol. The second kappa shape index (κ2) is 10.7. The number of carbonyl (C=O) groups is 2. The van der Waals surface area contributed by atoms with Gasteiger partial charge < -0.3 is 24.6 Å². The van der Waals surface area contributed by atoms with Crippen LogP contribution < -0.4 is 10.1 Å². The first-order valence-corrected chi connectivity index (χ1v) is 12.7. The third-order valence-electron chi connectivity index (χ3n) is 6.64. The van der Waals surface area contributed by atoms with Gasteiger partial charge in [0, 0.05) is 37.3 Å². The normalized spacial score (nSPS) is 13.2. The Balaban J connectivity index is 1.42. The van der Waals surface area contributed by atoms with Crippen LogP contribution in [0.2, 0.25) is 0 Å². The van der Waals surface area contributed by atoms with Gasteiger partial charge in [-0.25, -0.2) is 14.6 Å². The number of aryl methyl sites for hydroxylation is 1. The van der Waals surface area contributed by atoms with E-state index in [2.05, 4.69) is 16.8 Å². The molecule has 0 aliphatic carbocycles. The summed E-state index contributed by atoms with van der Waals surface area (Å²) in [5.41, 5.74) is 5.32. The number of ether oxygens (including phenoxy) is 1. The van der Waals surface area contributed by atoms with Crippen molar-refractivity contribution in [2.24, 2.45) is 0 Å². The summed E-state index contributed by atoms with van der Waals surface area (Å²) in [7, 11) is 0. The van der Waals surface area contributed by atoms with Crippen LogP contribution in [0.25, 0.3) is 22.2 Å². The molecule has 0 unspecified atom stereocenters. The minimum Gasteiger partial charge on any atom is -0.449 e. The van der Waals surface area contributed by atoms with E-state index >= 15 is 0 Å². The van der Waals surface area contributed by atoms with Crippen molar-refractivity contribution in [3.63, 3.8) is 0 Å². The molecule has 8 heteroatoms. The van der Waals surface area contributed by atoms with Crippen molar-refractivity contribution in [2.75, 3.05) is 18.4 Å². The van der Waals surface area contributed by atoms with E-state index in [0.717, 1.165) is 78.0 Å². The first-order valence-electron chi connectivity index (χ1n) is 12.7. The molecule has 1 saturated heterocycles. The average molecular weight is 499 g/mol. The molecule has 8 nitrogen and oxygen atoms in total. The largest absolute Gasteiger partial charge is 0.511 e. The van der Waals surface area contributed by atoms with E-state index in [1.165, 1.54) is 0 Å². The number of nitrogens with zero attached hydrogens (tertiary/aromatic N) is 3. The molecule has 5 rings (SSSR count). The van der Waals surface area contributed by atoms with Gasteiger partial charge in [-0.3, -0.25) is 0 Å². The minimum atomic E-state index is -1.34. The van der Waals surface area contributed by atoms with Gasteiger partial charge in [0.2, 0.25) is 0 Å². The Morgan fingerprint density at radius 2 is 1.78 bits per heavy atom. The number of carbonyl (C=O) groups excluding carboxylic acids is 1. The molecule has 0 spiro atoms. The molecule has 3 aromatic carbocycles.